The molecule has 70 valence electrons. The number of nitrogens with zero attached hydrogens (tertiary/aromatic N) is 1. The van der Waals surface area contributed by atoms with Crippen LogP contribution in [0.4, 0.5) is 5.69 Å². The van der Waals surface area contributed by atoms with Gasteiger partial charge in [0.1, 0.15) is 4.99 Å². The Hall–Kier alpha value is -0.800. The molecule has 0 radical (unpaired) electrons. The zero-order chi connectivity index (χ0) is 10.0. The normalized spacial score (nSPS) is 9.77. The molecule has 0 atom stereocenters. The summed E-state index contributed by atoms with van der Waals surface area (Å²) in [5.41, 5.74) is 7.36. The monoisotopic (exact) mass is 214 g/mol. The van der Waals surface area contributed by atoms with E-state index in [4.69, 9.17) is 29.6 Å². The summed E-state index contributed by atoms with van der Waals surface area (Å²) in [6.45, 7) is 0. The molecule has 1 aromatic carbocycles. The van der Waals surface area contributed by atoms with Crippen LogP contribution in [-0.4, -0.2) is 19.1 Å². The molecule has 2 N–H and O–H groups in total. The molecule has 0 unspecified atom stereocenters. The van der Waals surface area contributed by atoms with E-state index in [1.165, 1.54) is 0 Å². The number of hydrogen-bond acceptors (Lipinski definition) is 2. The van der Waals surface area contributed by atoms with Crippen LogP contribution >= 0.6 is 23.8 Å². The highest BCUT2D eigenvalue weighted by atomic mass is 35.5. The predicted molar refractivity (Wildman–Crippen MR) is 61.7 cm³/mol. The van der Waals surface area contributed by atoms with E-state index in [9.17, 15) is 0 Å². The third-order valence-electron chi connectivity index (χ3n) is 1.71. The van der Waals surface area contributed by atoms with Gasteiger partial charge in [-0.25, -0.2) is 0 Å². The van der Waals surface area contributed by atoms with Crippen LogP contribution in [-0.2, 0) is 0 Å². The zero-order valence-electron chi connectivity index (χ0n) is 7.54. The second-order valence-corrected chi connectivity index (χ2v) is 3.80. The van der Waals surface area contributed by atoms with E-state index in [1.54, 1.807) is 6.07 Å². The molecule has 13 heavy (non-hydrogen) atoms. The van der Waals surface area contributed by atoms with Crippen LogP contribution in [0.1, 0.15) is 5.56 Å². The number of hydrogen-bond donors (Lipinski definition) is 1. The third kappa shape index (κ3) is 2.32. The summed E-state index contributed by atoms with van der Waals surface area (Å²) < 4.78 is 0. The van der Waals surface area contributed by atoms with Gasteiger partial charge in [-0.1, -0.05) is 23.8 Å². The van der Waals surface area contributed by atoms with Gasteiger partial charge in [0.2, 0.25) is 0 Å². The Morgan fingerprint density at radius 1 is 1.46 bits per heavy atom. The van der Waals surface area contributed by atoms with Gasteiger partial charge in [0.05, 0.1) is 0 Å². The summed E-state index contributed by atoms with van der Waals surface area (Å²) in [7, 11) is 3.87. The van der Waals surface area contributed by atoms with E-state index < -0.39 is 0 Å². The maximum atomic E-state index is 5.83. The van der Waals surface area contributed by atoms with Crippen LogP contribution in [0.25, 0.3) is 0 Å². The fraction of sp³-hybridized carbons (Fsp3) is 0.222. The smallest absolute Gasteiger partial charge is 0.106 e. The Labute approximate surface area is 88.3 Å². The van der Waals surface area contributed by atoms with Crippen LogP contribution < -0.4 is 10.6 Å². The first-order valence-electron chi connectivity index (χ1n) is 3.79. The van der Waals surface area contributed by atoms with Gasteiger partial charge in [-0.15, -0.1) is 0 Å². The van der Waals surface area contributed by atoms with Crippen LogP contribution in [0.5, 0.6) is 0 Å². The molecule has 0 amide bonds. The summed E-state index contributed by atoms with van der Waals surface area (Å²) in [4.78, 5) is 2.32. The van der Waals surface area contributed by atoms with Crippen LogP contribution in [0.15, 0.2) is 18.2 Å². The molecule has 0 aromatic heterocycles. The van der Waals surface area contributed by atoms with Crippen molar-refractivity contribution in [2.45, 2.75) is 0 Å². The van der Waals surface area contributed by atoms with E-state index in [2.05, 4.69) is 0 Å². The average Bonchev–Trinajstić information content (AvgIpc) is 2.03. The van der Waals surface area contributed by atoms with Crippen LogP contribution in [0.3, 0.4) is 0 Å². The molecule has 0 saturated heterocycles. The van der Waals surface area contributed by atoms with Crippen molar-refractivity contribution >= 4 is 34.5 Å². The molecule has 1 rings (SSSR count). The third-order valence-corrected chi connectivity index (χ3v) is 2.16. The van der Waals surface area contributed by atoms with Gasteiger partial charge in [0, 0.05) is 30.4 Å². The summed E-state index contributed by atoms with van der Waals surface area (Å²) in [6.07, 6.45) is 0. The molecule has 0 spiro atoms. The first-order chi connectivity index (χ1) is 6.02. The molecule has 0 saturated carbocycles. The maximum Gasteiger partial charge on any atom is 0.106 e. The second-order valence-electron chi connectivity index (χ2n) is 2.92. The summed E-state index contributed by atoms with van der Waals surface area (Å²) >= 11 is 10.8. The van der Waals surface area contributed by atoms with Gasteiger partial charge in [-0.3, -0.25) is 0 Å². The molecule has 0 aliphatic carbocycles. The van der Waals surface area contributed by atoms with Crippen molar-refractivity contribution in [1.82, 2.24) is 0 Å². The van der Waals surface area contributed by atoms with Gasteiger partial charge >= 0.3 is 0 Å². The molecule has 0 fully saturated rings. The largest absolute Gasteiger partial charge is 0.389 e. The Bertz CT molecular complexity index is 336. The number of benzene rings is 1. The second kappa shape index (κ2) is 3.94. The van der Waals surface area contributed by atoms with Crippen molar-refractivity contribution in [2.24, 2.45) is 5.73 Å². The highest BCUT2D eigenvalue weighted by Gasteiger charge is 2.06. The fourth-order valence-electron chi connectivity index (χ4n) is 1.10. The number of rotatable bonds is 2. The Kier molecular flexibility index (Phi) is 3.12. The predicted octanol–water partition coefficient (Wildman–Crippen LogP) is 2.04. The Morgan fingerprint density at radius 2 is 2.08 bits per heavy atom. The van der Waals surface area contributed by atoms with E-state index in [0.29, 0.717) is 10.0 Å². The van der Waals surface area contributed by atoms with Gasteiger partial charge in [-0.2, -0.15) is 0 Å². The van der Waals surface area contributed by atoms with Crippen molar-refractivity contribution < 1.29 is 0 Å². The zero-order valence-corrected chi connectivity index (χ0v) is 9.12. The lowest BCUT2D eigenvalue weighted by molar-refractivity contribution is 1.13. The van der Waals surface area contributed by atoms with Gasteiger partial charge in [-0.05, 0) is 18.2 Å². The van der Waals surface area contributed by atoms with Gasteiger partial charge < -0.3 is 10.6 Å². The lowest BCUT2D eigenvalue weighted by atomic mass is 10.1. The van der Waals surface area contributed by atoms with Crippen molar-refractivity contribution in [3.05, 3.63) is 28.8 Å². The average molecular weight is 215 g/mol. The fourth-order valence-corrected chi connectivity index (χ4v) is 1.43. The summed E-state index contributed by atoms with van der Waals surface area (Å²) in [6, 6.07) is 5.49. The molecule has 0 aliphatic rings. The molecule has 4 heteroatoms. The van der Waals surface area contributed by atoms with E-state index in [0.717, 1.165) is 11.3 Å². The number of halogens is 1. The SMILES string of the molecule is CN(C)c1ccc(Cl)cc1C(N)=S. The molecule has 1 aromatic rings. The maximum absolute atomic E-state index is 5.83. The molecule has 0 heterocycles. The molecular weight excluding hydrogens is 204 g/mol. The molecule has 0 aliphatic heterocycles. The molecule has 0 bridgehead atoms. The Balaban J connectivity index is 3.27. The molecular formula is C9H11ClN2S. The van der Waals surface area contributed by atoms with Gasteiger partial charge in [0.25, 0.3) is 0 Å². The lowest BCUT2D eigenvalue weighted by Gasteiger charge is -2.16. The van der Waals surface area contributed by atoms with E-state index >= 15 is 0 Å². The quantitative estimate of drug-likeness (QED) is 0.765. The Morgan fingerprint density at radius 3 is 2.54 bits per heavy atom. The first-order valence-corrected chi connectivity index (χ1v) is 4.57. The van der Waals surface area contributed by atoms with Crippen LogP contribution in [0, 0.1) is 0 Å². The van der Waals surface area contributed by atoms with Crippen molar-refractivity contribution in [3.8, 4) is 0 Å². The van der Waals surface area contributed by atoms with Crippen molar-refractivity contribution in [3.63, 3.8) is 0 Å². The summed E-state index contributed by atoms with van der Waals surface area (Å²) in [5, 5.41) is 0.647. The van der Waals surface area contributed by atoms with Crippen molar-refractivity contribution in [2.75, 3.05) is 19.0 Å². The summed E-state index contributed by atoms with van der Waals surface area (Å²) in [5.74, 6) is 0. The highest BCUT2D eigenvalue weighted by Crippen LogP contribution is 2.22. The standard InChI is InChI=1S/C9H11ClN2S/c1-12(2)8-4-3-6(10)5-7(8)9(11)13/h3-5H,1-2H3,(H2,11,13). The number of nitrogens with two attached hydrogens (primary N) is 1. The minimum Gasteiger partial charge on any atom is -0.389 e. The van der Waals surface area contributed by atoms with E-state index in [1.807, 2.05) is 31.1 Å². The minimum atomic E-state index is 0.367. The minimum absolute atomic E-state index is 0.367. The van der Waals surface area contributed by atoms with Crippen LogP contribution in [0.2, 0.25) is 5.02 Å². The van der Waals surface area contributed by atoms with E-state index in [-0.39, 0.29) is 0 Å². The first kappa shape index (κ1) is 10.3. The topological polar surface area (TPSA) is 29.3 Å². The lowest BCUT2D eigenvalue weighted by Crippen LogP contribution is -2.17. The number of thiocarbonyl (C=S) groups is 1. The highest BCUT2D eigenvalue weighted by molar-refractivity contribution is 7.80. The molecule has 2 nitrogen and oxygen atoms in total. The number of anilines is 1. The van der Waals surface area contributed by atoms with Gasteiger partial charge in [0.15, 0.2) is 0 Å². The van der Waals surface area contributed by atoms with Crippen molar-refractivity contribution in [1.29, 1.82) is 0 Å².